The molecular formula is C19H19ClN4O3. The highest BCUT2D eigenvalue weighted by molar-refractivity contribution is 6.31. The number of halogens is 1. The lowest BCUT2D eigenvalue weighted by Crippen LogP contribution is -2.43. The predicted molar refractivity (Wildman–Crippen MR) is 102 cm³/mol. The Morgan fingerprint density at radius 3 is 3.04 bits per heavy atom. The summed E-state index contributed by atoms with van der Waals surface area (Å²) in [4.78, 5) is 30.3. The molecule has 3 aromatic rings. The van der Waals surface area contributed by atoms with Crippen LogP contribution in [0.5, 0.6) is 0 Å². The summed E-state index contributed by atoms with van der Waals surface area (Å²) < 4.78 is 4.96. The van der Waals surface area contributed by atoms with E-state index in [4.69, 9.17) is 16.1 Å². The summed E-state index contributed by atoms with van der Waals surface area (Å²) in [7, 11) is 0. The molecule has 1 unspecified atom stereocenters. The van der Waals surface area contributed by atoms with E-state index in [-0.39, 0.29) is 18.2 Å². The molecule has 1 aromatic carbocycles. The second kappa shape index (κ2) is 7.08. The van der Waals surface area contributed by atoms with Gasteiger partial charge in [0, 0.05) is 34.7 Å². The maximum Gasteiger partial charge on any atom is 0.248 e. The first-order chi connectivity index (χ1) is 13.0. The Morgan fingerprint density at radius 1 is 1.41 bits per heavy atom. The van der Waals surface area contributed by atoms with E-state index in [2.05, 4.69) is 15.5 Å². The molecule has 27 heavy (non-hydrogen) atoms. The van der Waals surface area contributed by atoms with Crippen molar-refractivity contribution in [2.24, 2.45) is 0 Å². The highest BCUT2D eigenvalue weighted by atomic mass is 35.5. The molecule has 2 amide bonds. The molecule has 1 aliphatic heterocycles. The van der Waals surface area contributed by atoms with Crippen LogP contribution in [-0.4, -0.2) is 39.4 Å². The lowest BCUT2D eigenvalue weighted by Gasteiger charge is -2.23. The van der Waals surface area contributed by atoms with Gasteiger partial charge >= 0.3 is 0 Å². The standard InChI is InChI=1S/C19H19ClN4O3/c1-11-7-17(23-27-11)22-19(26)16-3-2-6-24(16)18(25)8-12-10-21-15-5-4-13(20)9-14(12)15/h4-5,7,9-10,16,21H,2-3,6,8H2,1H3,(H,22,23,26). The number of benzene rings is 1. The molecule has 0 bridgehead atoms. The summed E-state index contributed by atoms with van der Waals surface area (Å²) in [6, 6.07) is 6.69. The normalized spacial score (nSPS) is 16.8. The SMILES string of the molecule is Cc1cc(NC(=O)C2CCCN2C(=O)Cc2c[nH]c3ccc(Cl)cc23)no1. The van der Waals surface area contributed by atoms with E-state index in [1.165, 1.54) is 0 Å². The first-order valence-corrected chi connectivity index (χ1v) is 9.18. The zero-order valence-electron chi connectivity index (χ0n) is 14.8. The lowest BCUT2D eigenvalue weighted by molar-refractivity contribution is -0.136. The number of hydrogen-bond donors (Lipinski definition) is 2. The third-order valence-electron chi connectivity index (χ3n) is 4.83. The van der Waals surface area contributed by atoms with E-state index in [0.29, 0.717) is 29.6 Å². The number of carbonyl (C=O) groups excluding carboxylic acids is 2. The first-order valence-electron chi connectivity index (χ1n) is 8.80. The van der Waals surface area contributed by atoms with Gasteiger partial charge in [-0.05, 0) is 43.5 Å². The Hall–Kier alpha value is -2.80. The van der Waals surface area contributed by atoms with Crippen LogP contribution in [0.1, 0.15) is 24.2 Å². The summed E-state index contributed by atoms with van der Waals surface area (Å²) in [5, 5.41) is 8.04. The quantitative estimate of drug-likeness (QED) is 0.719. The largest absolute Gasteiger partial charge is 0.361 e. The number of fused-ring (bicyclic) bond motifs is 1. The van der Waals surface area contributed by atoms with Gasteiger partial charge in [0.1, 0.15) is 11.8 Å². The van der Waals surface area contributed by atoms with Crippen LogP contribution in [0.25, 0.3) is 10.9 Å². The minimum absolute atomic E-state index is 0.0788. The summed E-state index contributed by atoms with van der Waals surface area (Å²) in [5.74, 6) is 0.659. The second-order valence-electron chi connectivity index (χ2n) is 6.74. The summed E-state index contributed by atoms with van der Waals surface area (Å²) >= 11 is 6.08. The van der Waals surface area contributed by atoms with E-state index < -0.39 is 6.04 Å². The van der Waals surface area contributed by atoms with Gasteiger partial charge in [-0.15, -0.1) is 0 Å². The average molecular weight is 387 g/mol. The summed E-state index contributed by atoms with van der Waals surface area (Å²) in [5.41, 5.74) is 1.80. The van der Waals surface area contributed by atoms with E-state index >= 15 is 0 Å². The predicted octanol–water partition coefficient (Wildman–Crippen LogP) is 3.29. The number of aryl methyl sites for hydroxylation is 1. The first kappa shape index (κ1) is 17.6. The number of nitrogens with one attached hydrogen (secondary N) is 2. The summed E-state index contributed by atoms with van der Waals surface area (Å²) in [6.45, 7) is 2.32. The van der Waals surface area contributed by atoms with Crippen LogP contribution in [0.2, 0.25) is 5.02 Å². The van der Waals surface area contributed by atoms with Gasteiger partial charge < -0.3 is 19.7 Å². The van der Waals surface area contributed by atoms with Gasteiger partial charge in [-0.2, -0.15) is 0 Å². The van der Waals surface area contributed by atoms with Gasteiger partial charge in [0.05, 0.1) is 6.42 Å². The van der Waals surface area contributed by atoms with Crippen LogP contribution < -0.4 is 5.32 Å². The Kier molecular flexibility index (Phi) is 4.61. The van der Waals surface area contributed by atoms with Gasteiger partial charge in [0.2, 0.25) is 11.8 Å². The number of hydrogen-bond acceptors (Lipinski definition) is 4. The van der Waals surface area contributed by atoms with Crippen molar-refractivity contribution in [1.82, 2.24) is 15.0 Å². The van der Waals surface area contributed by atoms with Crippen molar-refractivity contribution in [2.45, 2.75) is 32.2 Å². The molecule has 0 spiro atoms. The number of carbonyl (C=O) groups is 2. The number of amides is 2. The van der Waals surface area contributed by atoms with Crippen LogP contribution in [0.3, 0.4) is 0 Å². The maximum atomic E-state index is 12.9. The minimum Gasteiger partial charge on any atom is -0.361 e. The van der Waals surface area contributed by atoms with Crippen molar-refractivity contribution in [3.05, 3.63) is 46.8 Å². The van der Waals surface area contributed by atoms with Crippen LogP contribution in [-0.2, 0) is 16.0 Å². The molecule has 2 aromatic heterocycles. The molecule has 3 heterocycles. The molecule has 4 rings (SSSR count). The molecule has 140 valence electrons. The highest BCUT2D eigenvalue weighted by Gasteiger charge is 2.34. The topological polar surface area (TPSA) is 91.2 Å². The van der Waals surface area contributed by atoms with Crippen LogP contribution in [0.4, 0.5) is 5.82 Å². The average Bonchev–Trinajstić information content (AvgIpc) is 3.35. The Morgan fingerprint density at radius 2 is 2.26 bits per heavy atom. The molecular weight excluding hydrogens is 368 g/mol. The van der Waals surface area contributed by atoms with Crippen molar-refractivity contribution >= 4 is 40.1 Å². The van der Waals surface area contributed by atoms with Gasteiger partial charge in [-0.3, -0.25) is 9.59 Å². The van der Waals surface area contributed by atoms with Crippen molar-refractivity contribution in [3.63, 3.8) is 0 Å². The molecule has 2 N–H and O–H groups in total. The Balaban J connectivity index is 1.48. The number of aromatic amines is 1. The fraction of sp³-hybridized carbons (Fsp3) is 0.316. The maximum absolute atomic E-state index is 12.9. The summed E-state index contributed by atoms with van der Waals surface area (Å²) in [6.07, 6.45) is 3.46. The smallest absolute Gasteiger partial charge is 0.248 e. The van der Waals surface area contributed by atoms with E-state index in [9.17, 15) is 9.59 Å². The Labute approximate surface area is 160 Å². The number of aromatic nitrogens is 2. The molecule has 0 saturated carbocycles. The molecule has 1 saturated heterocycles. The fourth-order valence-electron chi connectivity index (χ4n) is 3.53. The Bertz CT molecular complexity index is 1010. The molecule has 0 radical (unpaired) electrons. The van der Waals surface area contributed by atoms with Crippen LogP contribution >= 0.6 is 11.6 Å². The number of anilines is 1. The van der Waals surface area contributed by atoms with E-state index in [0.717, 1.165) is 22.9 Å². The second-order valence-corrected chi connectivity index (χ2v) is 7.17. The van der Waals surface area contributed by atoms with Gasteiger partial charge in [0.25, 0.3) is 0 Å². The van der Waals surface area contributed by atoms with Gasteiger partial charge in [0.15, 0.2) is 5.82 Å². The molecule has 1 fully saturated rings. The molecule has 0 aliphatic carbocycles. The number of nitrogens with zero attached hydrogens (tertiary/aromatic N) is 2. The minimum atomic E-state index is -0.497. The number of H-pyrrole nitrogens is 1. The zero-order valence-corrected chi connectivity index (χ0v) is 15.5. The zero-order chi connectivity index (χ0) is 19.0. The van der Waals surface area contributed by atoms with Crippen LogP contribution in [0.15, 0.2) is 35.0 Å². The van der Waals surface area contributed by atoms with E-state index in [1.807, 2.05) is 18.3 Å². The molecule has 1 aliphatic rings. The molecule has 1 atom stereocenters. The van der Waals surface area contributed by atoms with Crippen molar-refractivity contribution in [3.8, 4) is 0 Å². The molecule has 7 nitrogen and oxygen atoms in total. The molecule has 8 heteroatoms. The lowest BCUT2D eigenvalue weighted by atomic mass is 10.1. The van der Waals surface area contributed by atoms with Gasteiger partial charge in [-0.1, -0.05) is 16.8 Å². The third kappa shape index (κ3) is 3.55. The number of rotatable bonds is 4. The van der Waals surface area contributed by atoms with Crippen molar-refractivity contribution in [1.29, 1.82) is 0 Å². The van der Waals surface area contributed by atoms with Crippen molar-refractivity contribution < 1.29 is 14.1 Å². The number of likely N-dealkylation sites (tertiary alicyclic amines) is 1. The monoisotopic (exact) mass is 386 g/mol. The fourth-order valence-corrected chi connectivity index (χ4v) is 3.71. The van der Waals surface area contributed by atoms with E-state index in [1.54, 1.807) is 24.0 Å². The van der Waals surface area contributed by atoms with Crippen molar-refractivity contribution in [2.75, 3.05) is 11.9 Å². The van der Waals surface area contributed by atoms with Crippen LogP contribution in [0, 0.1) is 6.92 Å². The third-order valence-corrected chi connectivity index (χ3v) is 5.06. The van der Waals surface area contributed by atoms with Gasteiger partial charge in [-0.25, -0.2) is 0 Å². The highest BCUT2D eigenvalue weighted by Crippen LogP contribution is 2.25.